The van der Waals surface area contributed by atoms with Crippen LogP contribution in [0.15, 0.2) is 42.5 Å². The third-order valence-electron chi connectivity index (χ3n) is 7.01. The molecule has 2 fully saturated rings. The molecule has 1 saturated carbocycles. The Bertz CT molecular complexity index is 1090. The van der Waals surface area contributed by atoms with Gasteiger partial charge in [-0.2, -0.15) is 0 Å². The predicted octanol–water partition coefficient (Wildman–Crippen LogP) is 3.91. The summed E-state index contributed by atoms with van der Waals surface area (Å²) in [6, 6.07) is 10.9. The zero-order valence-corrected chi connectivity index (χ0v) is 19.3. The van der Waals surface area contributed by atoms with Gasteiger partial charge in [0, 0.05) is 23.2 Å². The van der Waals surface area contributed by atoms with Gasteiger partial charge < -0.3 is 30.5 Å². The lowest BCUT2D eigenvalue weighted by Crippen LogP contribution is -2.47. The first-order chi connectivity index (χ1) is 17.0. The Morgan fingerprint density at radius 1 is 1.09 bits per heavy atom. The molecule has 9 heteroatoms. The van der Waals surface area contributed by atoms with Gasteiger partial charge in [-0.15, -0.1) is 0 Å². The molecule has 2 aromatic rings. The highest BCUT2D eigenvalue weighted by Gasteiger charge is 2.46. The second kappa shape index (κ2) is 10.2. The van der Waals surface area contributed by atoms with Gasteiger partial charge in [0.1, 0.15) is 23.8 Å². The van der Waals surface area contributed by atoms with E-state index < -0.39 is 18.0 Å². The van der Waals surface area contributed by atoms with Crippen molar-refractivity contribution in [2.24, 2.45) is 0 Å². The minimum atomic E-state index is -0.563. The number of hydrogen-bond acceptors (Lipinski definition) is 5. The van der Waals surface area contributed by atoms with Crippen LogP contribution in [0, 0.1) is 5.82 Å². The second-order valence-corrected chi connectivity index (χ2v) is 9.47. The van der Waals surface area contributed by atoms with Gasteiger partial charge in [-0.25, -0.2) is 9.18 Å². The van der Waals surface area contributed by atoms with E-state index in [0.29, 0.717) is 17.9 Å². The summed E-state index contributed by atoms with van der Waals surface area (Å²) in [5.74, 6) is 0.0271. The number of aliphatic hydroxyl groups excluding tert-OH is 1. The van der Waals surface area contributed by atoms with Gasteiger partial charge in [-0.3, -0.25) is 4.79 Å². The molecule has 2 aromatic carbocycles. The summed E-state index contributed by atoms with van der Waals surface area (Å²) in [6.07, 6.45) is 3.86. The number of rotatable bonds is 6. The van der Waals surface area contributed by atoms with Crippen LogP contribution in [-0.4, -0.2) is 48.0 Å². The number of aliphatic hydroxyl groups is 1. The maximum absolute atomic E-state index is 13.8. The Kier molecular flexibility index (Phi) is 6.88. The molecule has 1 saturated heterocycles. The topological polar surface area (TPSA) is 109 Å². The second-order valence-electron chi connectivity index (χ2n) is 9.47. The molecule has 2 heterocycles. The van der Waals surface area contributed by atoms with Crippen molar-refractivity contribution in [2.75, 3.05) is 17.2 Å². The number of halogens is 1. The van der Waals surface area contributed by atoms with Gasteiger partial charge >= 0.3 is 6.03 Å². The van der Waals surface area contributed by atoms with Crippen LogP contribution in [0.1, 0.15) is 50.0 Å². The molecule has 4 N–H and O–H groups in total. The fraction of sp³-hybridized carbons (Fsp3) is 0.462. The van der Waals surface area contributed by atoms with E-state index in [2.05, 4.69) is 16.0 Å². The van der Waals surface area contributed by atoms with E-state index in [-0.39, 0.29) is 48.8 Å². The molecule has 0 aromatic heterocycles. The number of fused-ring (bicyclic) bond motifs is 3. The lowest BCUT2D eigenvalue weighted by atomic mass is 9.84. The van der Waals surface area contributed by atoms with Gasteiger partial charge in [0.05, 0.1) is 24.8 Å². The van der Waals surface area contributed by atoms with Crippen LogP contribution in [-0.2, 0) is 9.53 Å². The van der Waals surface area contributed by atoms with E-state index in [4.69, 9.17) is 9.47 Å². The third kappa shape index (κ3) is 5.26. The third-order valence-corrected chi connectivity index (χ3v) is 7.01. The molecule has 0 unspecified atom stereocenters. The molecule has 186 valence electrons. The number of amides is 3. The molecule has 0 radical (unpaired) electrons. The van der Waals surface area contributed by atoms with Gasteiger partial charge in [0.2, 0.25) is 5.91 Å². The first-order valence-corrected chi connectivity index (χ1v) is 12.2. The zero-order valence-electron chi connectivity index (χ0n) is 19.3. The monoisotopic (exact) mass is 483 g/mol. The summed E-state index contributed by atoms with van der Waals surface area (Å²) in [7, 11) is 0. The van der Waals surface area contributed by atoms with Crippen LogP contribution in [0.25, 0.3) is 0 Å². The lowest BCUT2D eigenvalue weighted by Gasteiger charge is -2.37. The van der Waals surface area contributed by atoms with Crippen molar-refractivity contribution >= 4 is 23.3 Å². The van der Waals surface area contributed by atoms with Crippen LogP contribution >= 0.6 is 0 Å². The highest BCUT2D eigenvalue weighted by molar-refractivity contribution is 5.99. The number of anilines is 2. The Morgan fingerprint density at radius 2 is 1.89 bits per heavy atom. The highest BCUT2D eigenvalue weighted by Crippen LogP contribution is 2.47. The average Bonchev–Trinajstić information content (AvgIpc) is 3.47. The van der Waals surface area contributed by atoms with E-state index in [1.165, 1.54) is 12.1 Å². The molecule has 2 aliphatic heterocycles. The van der Waals surface area contributed by atoms with Crippen molar-refractivity contribution in [1.29, 1.82) is 0 Å². The van der Waals surface area contributed by atoms with E-state index in [1.807, 2.05) is 6.07 Å². The largest absolute Gasteiger partial charge is 0.487 e. The fourth-order valence-electron chi connectivity index (χ4n) is 5.38. The number of benzene rings is 2. The maximum atomic E-state index is 13.8. The Hall–Kier alpha value is -3.17. The predicted molar refractivity (Wildman–Crippen MR) is 128 cm³/mol. The molecule has 0 bridgehead atoms. The molecular formula is C26H30FN3O5. The summed E-state index contributed by atoms with van der Waals surface area (Å²) in [5.41, 5.74) is 1.51. The van der Waals surface area contributed by atoms with Crippen molar-refractivity contribution in [1.82, 2.24) is 5.32 Å². The maximum Gasteiger partial charge on any atom is 0.323 e. The molecule has 3 amide bonds. The quantitative estimate of drug-likeness (QED) is 0.498. The Balaban J connectivity index is 1.26. The summed E-state index contributed by atoms with van der Waals surface area (Å²) in [5, 5.41) is 18.3. The molecule has 3 aliphatic rings. The Labute approximate surface area is 203 Å². The Morgan fingerprint density at radius 3 is 2.66 bits per heavy atom. The summed E-state index contributed by atoms with van der Waals surface area (Å²) < 4.78 is 26.0. The highest BCUT2D eigenvalue weighted by atomic mass is 19.1. The van der Waals surface area contributed by atoms with Crippen molar-refractivity contribution in [3.63, 3.8) is 0 Å². The first kappa shape index (κ1) is 23.6. The number of nitrogens with one attached hydrogen (secondary N) is 3. The minimum absolute atomic E-state index is 0.0311. The summed E-state index contributed by atoms with van der Waals surface area (Å²) in [6.45, 7) is -0.216. The molecule has 0 spiro atoms. The fourth-order valence-corrected chi connectivity index (χ4v) is 5.38. The summed E-state index contributed by atoms with van der Waals surface area (Å²) in [4.78, 5) is 25.0. The SMILES string of the molecule is O=C(C[C@H]1C[C@H]2c3cc(NC(=O)Nc4ccccc4F)ccc3O[C@H]2[C@H](CO)O1)NC1CCCC1. The van der Waals surface area contributed by atoms with Crippen molar-refractivity contribution < 1.29 is 28.6 Å². The van der Waals surface area contributed by atoms with Gasteiger partial charge in [0.15, 0.2) is 0 Å². The normalized spacial score (nSPS) is 25.3. The number of carbonyl (C=O) groups excluding carboxylic acids is 2. The standard InChI is InChI=1S/C26H30FN3O5/c27-20-7-3-4-8-21(20)30-26(33)29-16-9-10-22-18(11-16)19-12-17(34-23(14-31)25(19)35-22)13-24(32)28-15-5-1-2-6-15/h3-4,7-11,15,17,19,23,25,31H,1-2,5-6,12-14H2,(H,28,32)(H2,29,30,33)/t17-,19+,23+,25-/m1/s1. The first-order valence-electron chi connectivity index (χ1n) is 12.2. The molecule has 4 atom stereocenters. The van der Waals surface area contributed by atoms with E-state index in [0.717, 1.165) is 31.2 Å². The van der Waals surface area contributed by atoms with Crippen LogP contribution in [0.3, 0.4) is 0 Å². The minimum Gasteiger partial charge on any atom is -0.487 e. The van der Waals surface area contributed by atoms with Crippen LogP contribution in [0.4, 0.5) is 20.6 Å². The smallest absolute Gasteiger partial charge is 0.323 e. The lowest BCUT2D eigenvalue weighted by molar-refractivity contribution is -0.142. The number of ether oxygens (including phenoxy) is 2. The van der Waals surface area contributed by atoms with E-state index in [1.54, 1.807) is 24.3 Å². The molecule has 35 heavy (non-hydrogen) atoms. The van der Waals surface area contributed by atoms with E-state index >= 15 is 0 Å². The van der Waals surface area contributed by atoms with E-state index in [9.17, 15) is 19.1 Å². The number of carbonyl (C=O) groups is 2. The molecular weight excluding hydrogens is 453 g/mol. The summed E-state index contributed by atoms with van der Waals surface area (Å²) >= 11 is 0. The average molecular weight is 484 g/mol. The van der Waals surface area contributed by atoms with Crippen LogP contribution in [0.5, 0.6) is 5.75 Å². The van der Waals surface area contributed by atoms with Gasteiger partial charge in [-0.05, 0) is 49.6 Å². The van der Waals surface area contributed by atoms with Gasteiger partial charge in [-0.1, -0.05) is 25.0 Å². The van der Waals surface area contributed by atoms with Crippen LogP contribution in [0.2, 0.25) is 0 Å². The number of urea groups is 1. The van der Waals surface area contributed by atoms with Crippen molar-refractivity contribution in [2.45, 2.75) is 68.8 Å². The molecule has 8 nitrogen and oxygen atoms in total. The number of hydrogen-bond donors (Lipinski definition) is 4. The zero-order chi connectivity index (χ0) is 24.4. The molecule has 1 aliphatic carbocycles. The van der Waals surface area contributed by atoms with Gasteiger partial charge in [0.25, 0.3) is 0 Å². The van der Waals surface area contributed by atoms with Crippen molar-refractivity contribution in [3.05, 3.63) is 53.8 Å². The molecule has 5 rings (SSSR count). The number of para-hydroxylation sites is 1. The van der Waals surface area contributed by atoms with Crippen molar-refractivity contribution in [3.8, 4) is 5.75 Å². The van der Waals surface area contributed by atoms with Crippen LogP contribution < -0.4 is 20.7 Å².